The van der Waals surface area contributed by atoms with Crippen molar-refractivity contribution in [2.45, 2.75) is 59.3 Å². The topological polar surface area (TPSA) is 108 Å². The molecule has 0 aliphatic carbocycles. The van der Waals surface area contributed by atoms with Crippen LogP contribution in [0.1, 0.15) is 69.1 Å². The number of hydrazine groups is 1. The highest BCUT2D eigenvalue weighted by atomic mass is 16.2. The Kier molecular flexibility index (Phi) is 10.7. The summed E-state index contributed by atoms with van der Waals surface area (Å²) in [7, 11) is 1.96. The van der Waals surface area contributed by atoms with Crippen molar-refractivity contribution in [1.29, 1.82) is 0 Å². The first-order valence-corrected chi connectivity index (χ1v) is 13.6. The average molecular weight is 509 g/mol. The maximum Gasteiger partial charge on any atom is 0.263 e. The van der Waals surface area contributed by atoms with Gasteiger partial charge in [-0.15, -0.1) is 0 Å². The molecule has 2 aliphatic heterocycles. The van der Waals surface area contributed by atoms with Crippen molar-refractivity contribution in [2.75, 3.05) is 54.6 Å². The molecule has 4 N–H and O–H groups in total. The molecule has 9 nitrogen and oxygen atoms in total. The molecule has 0 spiro atoms. The summed E-state index contributed by atoms with van der Waals surface area (Å²) in [5.41, 5.74) is 9.06. The van der Waals surface area contributed by atoms with Crippen LogP contribution < -0.4 is 26.4 Å². The minimum Gasteiger partial charge on any atom is -0.400 e. The number of anilines is 3. The number of hydrogen-bond donors (Lipinski definition) is 2. The van der Waals surface area contributed by atoms with E-state index in [-0.39, 0.29) is 5.91 Å². The fourth-order valence-electron chi connectivity index (χ4n) is 4.53. The number of rotatable bonds is 7. The van der Waals surface area contributed by atoms with Gasteiger partial charge in [-0.25, -0.2) is 15.8 Å². The maximum atomic E-state index is 13.5. The summed E-state index contributed by atoms with van der Waals surface area (Å²) in [6.07, 6.45) is 10.2. The molecule has 1 amide bonds. The molecule has 1 fully saturated rings. The van der Waals surface area contributed by atoms with Crippen molar-refractivity contribution in [2.24, 2.45) is 11.6 Å². The highest BCUT2D eigenvalue weighted by Gasteiger charge is 2.28. The molecule has 1 aromatic heterocycles. The van der Waals surface area contributed by atoms with Crippen molar-refractivity contribution in [3.05, 3.63) is 53.7 Å². The summed E-state index contributed by atoms with van der Waals surface area (Å²) >= 11 is 0. The van der Waals surface area contributed by atoms with Gasteiger partial charge in [-0.3, -0.25) is 14.7 Å². The van der Waals surface area contributed by atoms with E-state index in [1.54, 1.807) is 17.3 Å². The molecular weight excluding hydrogens is 464 g/mol. The Balaban J connectivity index is 0.00000121. The summed E-state index contributed by atoms with van der Waals surface area (Å²) in [6, 6.07) is 7.66. The van der Waals surface area contributed by atoms with Crippen molar-refractivity contribution in [3.8, 4) is 0 Å². The zero-order chi connectivity index (χ0) is 26.8. The van der Waals surface area contributed by atoms with Crippen molar-refractivity contribution in [3.63, 3.8) is 0 Å². The molecule has 2 aromatic rings. The molecule has 0 unspecified atom stereocenters. The molecule has 2 aliphatic rings. The van der Waals surface area contributed by atoms with E-state index in [1.807, 2.05) is 36.2 Å². The van der Waals surface area contributed by atoms with Gasteiger partial charge in [0.25, 0.3) is 5.91 Å². The van der Waals surface area contributed by atoms with Gasteiger partial charge in [0.1, 0.15) is 17.2 Å². The largest absolute Gasteiger partial charge is 0.400 e. The molecule has 1 aromatic carbocycles. The number of aromatic nitrogens is 2. The lowest BCUT2D eigenvalue weighted by Gasteiger charge is -2.27. The molecule has 0 atom stereocenters. The third-order valence-electron chi connectivity index (χ3n) is 6.39. The molecule has 1 saturated heterocycles. The Morgan fingerprint density at radius 1 is 1.11 bits per heavy atom. The highest BCUT2D eigenvalue weighted by molar-refractivity contribution is 6.09. The quantitative estimate of drug-likeness (QED) is 0.428. The second-order valence-electron chi connectivity index (χ2n) is 9.83. The third kappa shape index (κ3) is 7.66. The van der Waals surface area contributed by atoms with E-state index < -0.39 is 0 Å². The Bertz CT molecular complexity index is 1050. The number of aryl methyl sites for hydroxylation is 1. The van der Waals surface area contributed by atoms with Crippen LogP contribution in [-0.2, 0) is 6.42 Å². The first kappa shape index (κ1) is 28.4. The number of nitrogens with zero attached hydrogens (tertiary/aromatic N) is 6. The van der Waals surface area contributed by atoms with E-state index in [0.717, 1.165) is 48.8 Å². The van der Waals surface area contributed by atoms with Crippen LogP contribution in [0.5, 0.6) is 0 Å². The van der Waals surface area contributed by atoms with Gasteiger partial charge in [-0.2, -0.15) is 0 Å². The van der Waals surface area contributed by atoms with E-state index in [4.69, 9.17) is 11.6 Å². The maximum absolute atomic E-state index is 13.5. The van der Waals surface area contributed by atoms with Crippen LogP contribution in [0.2, 0.25) is 0 Å². The third-order valence-corrected chi connectivity index (χ3v) is 6.39. The molecule has 3 heterocycles. The summed E-state index contributed by atoms with van der Waals surface area (Å²) in [6.45, 7) is 10.4. The van der Waals surface area contributed by atoms with Crippen molar-refractivity contribution < 1.29 is 4.79 Å². The summed E-state index contributed by atoms with van der Waals surface area (Å²) in [4.78, 5) is 28.7. The fraction of sp³-hybridized carbons (Fsp3) is 0.536. The lowest BCUT2D eigenvalue weighted by atomic mass is 10.1. The van der Waals surface area contributed by atoms with Gasteiger partial charge in [0.15, 0.2) is 0 Å². The second kappa shape index (κ2) is 13.9. The standard InChI is InChI=1S/C25H36N8O.C3H8/c1-3-8-23-28-16-22-24(29-23)30(2)13-14-32(25(22)34)20-9-7-10-21(15-20)33(27)18-19(26)17-31-11-5-4-6-12-31;1-3-2/h7,9-10,15-16,18H,3-6,8,11-14,17,26-27H2,1-2H3;3H2,1-2H3/b19-18-;. The Morgan fingerprint density at radius 3 is 2.54 bits per heavy atom. The van der Waals surface area contributed by atoms with Crippen LogP contribution in [0.4, 0.5) is 17.2 Å². The summed E-state index contributed by atoms with van der Waals surface area (Å²) in [5, 5.41) is 1.53. The van der Waals surface area contributed by atoms with Crippen LogP contribution in [-0.4, -0.2) is 60.5 Å². The number of fused-ring (bicyclic) bond motifs is 1. The minimum atomic E-state index is -0.108. The first-order chi connectivity index (χ1) is 17.9. The number of carbonyl (C=O) groups is 1. The van der Waals surface area contributed by atoms with E-state index in [1.165, 1.54) is 30.7 Å². The predicted molar refractivity (Wildman–Crippen MR) is 153 cm³/mol. The number of nitrogens with two attached hydrogens (primary N) is 2. The van der Waals surface area contributed by atoms with Gasteiger partial charge in [0.2, 0.25) is 0 Å². The second-order valence-corrected chi connectivity index (χ2v) is 9.83. The number of hydrogen-bond acceptors (Lipinski definition) is 8. The van der Waals surface area contributed by atoms with Gasteiger partial charge in [-0.05, 0) is 50.6 Å². The number of carbonyl (C=O) groups excluding carboxylic acids is 1. The van der Waals surface area contributed by atoms with Crippen LogP contribution in [0.15, 0.2) is 42.4 Å². The lowest BCUT2D eigenvalue weighted by Crippen LogP contribution is -2.35. The zero-order valence-corrected chi connectivity index (χ0v) is 23.0. The van der Waals surface area contributed by atoms with Gasteiger partial charge < -0.3 is 15.5 Å². The summed E-state index contributed by atoms with van der Waals surface area (Å²) < 4.78 is 0. The molecule has 0 saturated carbocycles. The highest BCUT2D eigenvalue weighted by Crippen LogP contribution is 2.28. The van der Waals surface area contributed by atoms with E-state index in [0.29, 0.717) is 31.0 Å². The number of piperidine rings is 1. The molecule has 0 bridgehead atoms. The Hall–Kier alpha value is -3.17. The number of likely N-dealkylation sites (N-methyl/N-ethyl adjacent to an activating group) is 1. The molecule has 9 heteroatoms. The normalized spacial score (nSPS) is 16.6. The van der Waals surface area contributed by atoms with Crippen LogP contribution >= 0.6 is 0 Å². The number of likely N-dealkylation sites (tertiary alicyclic amines) is 1. The monoisotopic (exact) mass is 508 g/mol. The molecule has 37 heavy (non-hydrogen) atoms. The first-order valence-electron chi connectivity index (χ1n) is 13.6. The Labute approximate surface area is 222 Å². The number of benzene rings is 1. The van der Waals surface area contributed by atoms with Crippen LogP contribution in [0.3, 0.4) is 0 Å². The number of amides is 1. The van der Waals surface area contributed by atoms with Crippen LogP contribution in [0, 0.1) is 0 Å². The van der Waals surface area contributed by atoms with E-state index >= 15 is 0 Å². The van der Waals surface area contributed by atoms with E-state index in [2.05, 4.69) is 35.6 Å². The fourth-order valence-corrected chi connectivity index (χ4v) is 4.53. The zero-order valence-electron chi connectivity index (χ0n) is 23.0. The van der Waals surface area contributed by atoms with Crippen molar-refractivity contribution in [1.82, 2.24) is 14.9 Å². The molecule has 202 valence electrons. The minimum absolute atomic E-state index is 0.108. The van der Waals surface area contributed by atoms with Gasteiger partial charge in [0, 0.05) is 56.9 Å². The van der Waals surface area contributed by atoms with E-state index in [9.17, 15) is 4.79 Å². The average Bonchev–Trinajstić information content (AvgIpc) is 3.01. The smallest absolute Gasteiger partial charge is 0.263 e. The van der Waals surface area contributed by atoms with Crippen molar-refractivity contribution >= 4 is 23.1 Å². The van der Waals surface area contributed by atoms with Gasteiger partial charge in [-0.1, -0.05) is 39.7 Å². The summed E-state index contributed by atoms with van der Waals surface area (Å²) in [5.74, 6) is 7.69. The SMILES string of the molecule is CCC.CCCc1ncc2c(n1)N(C)CCN(c1cccc(N(N)/C=C(\N)CN3CCCCC3)c1)C2=O. The van der Waals surface area contributed by atoms with Gasteiger partial charge >= 0.3 is 0 Å². The Morgan fingerprint density at radius 2 is 1.84 bits per heavy atom. The predicted octanol–water partition coefficient (Wildman–Crippen LogP) is 3.91. The lowest BCUT2D eigenvalue weighted by molar-refractivity contribution is 0.0989. The van der Waals surface area contributed by atoms with Gasteiger partial charge in [0.05, 0.1) is 5.69 Å². The molecular formula is C28H44N8O. The molecule has 4 rings (SSSR count). The van der Waals surface area contributed by atoms with Crippen LogP contribution in [0.25, 0.3) is 0 Å². The molecule has 0 radical (unpaired) electrons.